The highest BCUT2D eigenvalue weighted by molar-refractivity contribution is 5.96. The number of piperazine rings is 1. The molecule has 1 aliphatic rings. The Hall–Kier alpha value is -3.71. The van der Waals surface area contributed by atoms with Gasteiger partial charge in [-0.15, -0.1) is 0 Å². The van der Waals surface area contributed by atoms with E-state index in [4.69, 9.17) is 4.42 Å². The number of fused-ring (bicyclic) bond motifs is 1. The summed E-state index contributed by atoms with van der Waals surface area (Å²) >= 11 is 0. The van der Waals surface area contributed by atoms with Crippen LogP contribution in [0.25, 0.3) is 11.0 Å². The van der Waals surface area contributed by atoms with Crippen molar-refractivity contribution < 1.29 is 14.0 Å². The van der Waals surface area contributed by atoms with Crippen molar-refractivity contribution in [1.82, 2.24) is 9.80 Å². The number of carbonyl (C=O) groups is 2. The van der Waals surface area contributed by atoms with Gasteiger partial charge in [0.05, 0.1) is 0 Å². The zero-order valence-corrected chi connectivity index (χ0v) is 23.7. The van der Waals surface area contributed by atoms with Gasteiger partial charge in [-0.3, -0.25) is 14.5 Å². The van der Waals surface area contributed by atoms with Crippen LogP contribution in [0.2, 0.25) is 0 Å². The SMILES string of the molecule is CC(C)=CCN(C(=O)CCN1CCN(C(=O)c2ccc(C(C)C)cc2)CC1)c1ccc2c(C)cc(=O)oc2c1. The summed E-state index contributed by atoms with van der Waals surface area (Å²) in [5, 5.41) is 0.858. The first-order chi connectivity index (χ1) is 18.6. The molecule has 1 aromatic heterocycles. The van der Waals surface area contributed by atoms with E-state index >= 15 is 0 Å². The average molecular weight is 530 g/mol. The van der Waals surface area contributed by atoms with Gasteiger partial charge < -0.3 is 14.2 Å². The number of anilines is 1. The highest BCUT2D eigenvalue weighted by atomic mass is 16.4. The Morgan fingerprint density at radius 3 is 2.33 bits per heavy atom. The van der Waals surface area contributed by atoms with E-state index in [2.05, 4.69) is 18.7 Å². The van der Waals surface area contributed by atoms with Crippen molar-refractivity contribution in [3.05, 3.63) is 87.3 Å². The van der Waals surface area contributed by atoms with Crippen molar-refractivity contribution in [2.45, 2.75) is 47.0 Å². The third-order valence-electron chi connectivity index (χ3n) is 7.36. The molecule has 0 saturated carbocycles. The molecule has 206 valence electrons. The van der Waals surface area contributed by atoms with Crippen LogP contribution in [0.15, 0.2) is 69.4 Å². The predicted molar refractivity (Wildman–Crippen MR) is 156 cm³/mol. The van der Waals surface area contributed by atoms with E-state index in [1.165, 1.54) is 11.6 Å². The Morgan fingerprint density at radius 2 is 1.69 bits per heavy atom. The average Bonchev–Trinajstić information content (AvgIpc) is 2.91. The number of benzene rings is 2. The fraction of sp³-hybridized carbons (Fsp3) is 0.406. The largest absolute Gasteiger partial charge is 0.423 e. The van der Waals surface area contributed by atoms with Gasteiger partial charge in [0, 0.05) is 74.5 Å². The molecule has 1 fully saturated rings. The molecule has 0 N–H and O–H groups in total. The number of hydrogen-bond acceptors (Lipinski definition) is 5. The molecule has 2 aromatic carbocycles. The highest BCUT2D eigenvalue weighted by Gasteiger charge is 2.24. The zero-order valence-electron chi connectivity index (χ0n) is 23.7. The van der Waals surface area contributed by atoms with E-state index in [0.29, 0.717) is 49.8 Å². The number of allylic oxidation sites excluding steroid dienone is 1. The molecule has 39 heavy (non-hydrogen) atoms. The molecule has 0 atom stereocenters. The van der Waals surface area contributed by atoms with Crippen molar-refractivity contribution in [2.75, 3.05) is 44.2 Å². The lowest BCUT2D eigenvalue weighted by Crippen LogP contribution is -2.49. The molecule has 7 nitrogen and oxygen atoms in total. The molecule has 7 heteroatoms. The molecule has 2 heterocycles. The Bertz CT molecular complexity index is 1410. The molecule has 1 saturated heterocycles. The number of aryl methyl sites for hydroxylation is 1. The van der Waals surface area contributed by atoms with Crippen molar-refractivity contribution in [3.8, 4) is 0 Å². The van der Waals surface area contributed by atoms with Gasteiger partial charge in [-0.2, -0.15) is 0 Å². The minimum atomic E-state index is -0.399. The highest BCUT2D eigenvalue weighted by Crippen LogP contribution is 2.24. The minimum Gasteiger partial charge on any atom is -0.423 e. The smallest absolute Gasteiger partial charge is 0.336 e. The summed E-state index contributed by atoms with van der Waals surface area (Å²) in [7, 11) is 0. The zero-order chi connectivity index (χ0) is 28.1. The van der Waals surface area contributed by atoms with Crippen molar-refractivity contribution >= 4 is 28.5 Å². The van der Waals surface area contributed by atoms with Crippen LogP contribution in [0.3, 0.4) is 0 Å². The van der Waals surface area contributed by atoms with Gasteiger partial charge in [0.2, 0.25) is 5.91 Å². The van der Waals surface area contributed by atoms with Crippen molar-refractivity contribution in [2.24, 2.45) is 0 Å². The lowest BCUT2D eigenvalue weighted by molar-refractivity contribution is -0.118. The summed E-state index contributed by atoms with van der Waals surface area (Å²) in [5.41, 5.74) is 4.70. The van der Waals surface area contributed by atoms with Gasteiger partial charge in [0.25, 0.3) is 5.91 Å². The molecular formula is C32H39N3O4. The minimum absolute atomic E-state index is 0.00518. The maximum absolute atomic E-state index is 13.4. The summed E-state index contributed by atoms with van der Waals surface area (Å²) in [6, 6.07) is 15.0. The maximum Gasteiger partial charge on any atom is 0.336 e. The Balaban J connectivity index is 1.38. The molecule has 0 unspecified atom stereocenters. The summed E-state index contributed by atoms with van der Waals surface area (Å²) < 4.78 is 5.42. The maximum atomic E-state index is 13.4. The van der Waals surface area contributed by atoms with Crippen LogP contribution < -0.4 is 10.5 Å². The first-order valence-electron chi connectivity index (χ1n) is 13.7. The van der Waals surface area contributed by atoms with Crippen LogP contribution in [0, 0.1) is 6.92 Å². The molecular weight excluding hydrogens is 490 g/mol. The van der Waals surface area contributed by atoms with Gasteiger partial charge in [0.15, 0.2) is 0 Å². The molecule has 2 amide bonds. The predicted octanol–water partition coefficient (Wildman–Crippen LogP) is 5.37. The van der Waals surface area contributed by atoms with E-state index in [0.717, 1.165) is 35.2 Å². The molecule has 3 aromatic rings. The lowest BCUT2D eigenvalue weighted by atomic mass is 10.0. The lowest BCUT2D eigenvalue weighted by Gasteiger charge is -2.35. The number of rotatable bonds is 8. The normalized spacial score (nSPS) is 14.1. The van der Waals surface area contributed by atoms with Gasteiger partial charge in [-0.05, 0) is 62.1 Å². The van der Waals surface area contributed by atoms with Gasteiger partial charge in [-0.25, -0.2) is 4.79 Å². The molecule has 0 aliphatic carbocycles. The number of carbonyl (C=O) groups excluding carboxylic acids is 2. The molecule has 0 radical (unpaired) electrons. The van der Waals surface area contributed by atoms with E-state index in [9.17, 15) is 14.4 Å². The Labute approximate surface area is 230 Å². The summed E-state index contributed by atoms with van der Waals surface area (Å²) in [6.07, 6.45) is 2.38. The summed E-state index contributed by atoms with van der Waals surface area (Å²) in [4.78, 5) is 44.2. The standard InChI is InChI=1S/C32H39N3O4/c1-22(2)12-15-35(27-10-11-28-24(5)20-31(37)39-29(28)21-27)30(36)13-14-33-16-18-34(19-17-33)32(38)26-8-6-25(7-9-26)23(3)4/h6-12,20-21,23H,13-19H2,1-5H3. The van der Waals surface area contributed by atoms with Crippen LogP contribution in [-0.4, -0.2) is 60.9 Å². The fourth-order valence-corrected chi connectivity index (χ4v) is 4.86. The van der Waals surface area contributed by atoms with E-state index in [1.54, 1.807) is 11.0 Å². The molecule has 0 spiro atoms. The van der Waals surface area contributed by atoms with E-state index in [1.807, 2.05) is 68.1 Å². The second-order valence-corrected chi connectivity index (χ2v) is 10.9. The Morgan fingerprint density at radius 1 is 1.00 bits per heavy atom. The number of hydrogen-bond donors (Lipinski definition) is 0. The van der Waals surface area contributed by atoms with E-state index in [-0.39, 0.29) is 11.8 Å². The van der Waals surface area contributed by atoms with Gasteiger partial charge in [-0.1, -0.05) is 37.6 Å². The number of nitrogens with zero attached hydrogens (tertiary/aromatic N) is 3. The summed E-state index contributed by atoms with van der Waals surface area (Å²) in [6.45, 7) is 14.0. The monoisotopic (exact) mass is 529 g/mol. The van der Waals surface area contributed by atoms with Gasteiger partial charge >= 0.3 is 5.63 Å². The summed E-state index contributed by atoms with van der Waals surface area (Å²) in [5.74, 6) is 0.502. The second-order valence-electron chi connectivity index (χ2n) is 10.9. The number of amides is 2. The third-order valence-corrected chi connectivity index (χ3v) is 7.36. The van der Waals surface area contributed by atoms with Crippen LogP contribution in [-0.2, 0) is 4.79 Å². The van der Waals surface area contributed by atoms with Crippen molar-refractivity contribution in [1.29, 1.82) is 0 Å². The third kappa shape index (κ3) is 7.03. The molecule has 1 aliphatic heterocycles. The van der Waals surface area contributed by atoms with Gasteiger partial charge in [0.1, 0.15) is 5.58 Å². The first-order valence-corrected chi connectivity index (χ1v) is 13.7. The quantitative estimate of drug-likeness (QED) is 0.290. The Kier molecular flexibility index (Phi) is 9.02. The topological polar surface area (TPSA) is 74.1 Å². The van der Waals surface area contributed by atoms with E-state index < -0.39 is 5.63 Å². The fourth-order valence-electron chi connectivity index (χ4n) is 4.86. The molecule has 4 rings (SSSR count). The second kappa shape index (κ2) is 12.4. The van der Waals surface area contributed by atoms with Crippen LogP contribution in [0.1, 0.15) is 61.5 Å². The van der Waals surface area contributed by atoms with Crippen molar-refractivity contribution in [3.63, 3.8) is 0 Å². The van der Waals surface area contributed by atoms with Crippen LogP contribution >= 0.6 is 0 Å². The molecule has 0 bridgehead atoms. The van der Waals surface area contributed by atoms with Crippen LogP contribution in [0.5, 0.6) is 0 Å². The van der Waals surface area contributed by atoms with Crippen LogP contribution in [0.4, 0.5) is 5.69 Å². The first kappa shape index (κ1) is 28.3.